The van der Waals surface area contributed by atoms with E-state index in [0.29, 0.717) is 17.7 Å². The maximum Gasteiger partial charge on any atom is 0.419 e. The molecule has 1 saturated heterocycles. The Morgan fingerprint density at radius 2 is 1.91 bits per heavy atom. The van der Waals surface area contributed by atoms with E-state index in [4.69, 9.17) is 9.47 Å². The Hall–Kier alpha value is -3.34. The molecule has 1 heterocycles. The van der Waals surface area contributed by atoms with Gasteiger partial charge in [0.25, 0.3) is 5.91 Å². The van der Waals surface area contributed by atoms with Crippen LogP contribution in [0.4, 0.5) is 22.4 Å². The highest BCUT2D eigenvalue weighted by atomic mass is 19.4. The molecule has 32 heavy (non-hydrogen) atoms. The summed E-state index contributed by atoms with van der Waals surface area (Å²) in [5.74, 6) is -1.76. The lowest BCUT2D eigenvalue weighted by Crippen LogP contribution is -2.49. The van der Waals surface area contributed by atoms with Crippen LogP contribution in [0.15, 0.2) is 42.5 Å². The summed E-state index contributed by atoms with van der Waals surface area (Å²) in [6.07, 6.45) is -6.13. The SMILES string of the molecule is O=C(NC[C@@H]1CN(C(=O)OCc2ccc(F)c(C(F)(F)F)c2)CCO1)c1ccc(O)cc1. The number of alkyl halides is 3. The number of aromatic hydroxyl groups is 1. The van der Waals surface area contributed by atoms with E-state index in [0.717, 1.165) is 6.07 Å². The molecule has 172 valence electrons. The monoisotopic (exact) mass is 456 g/mol. The average Bonchev–Trinajstić information content (AvgIpc) is 2.76. The topological polar surface area (TPSA) is 88.1 Å². The first-order valence-corrected chi connectivity index (χ1v) is 9.59. The number of carbonyl (C=O) groups is 2. The van der Waals surface area contributed by atoms with Crippen LogP contribution in [-0.2, 0) is 22.3 Å². The lowest BCUT2D eigenvalue weighted by molar-refractivity contribution is -0.140. The molecule has 0 radical (unpaired) electrons. The van der Waals surface area contributed by atoms with Gasteiger partial charge in [-0.15, -0.1) is 0 Å². The Kier molecular flexibility index (Phi) is 7.18. The minimum absolute atomic E-state index is 0.00181. The third-order valence-electron chi connectivity index (χ3n) is 4.72. The van der Waals surface area contributed by atoms with Crippen molar-refractivity contribution in [3.63, 3.8) is 0 Å². The third kappa shape index (κ3) is 6.10. The van der Waals surface area contributed by atoms with Gasteiger partial charge in [-0.05, 0) is 42.0 Å². The lowest BCUT2D eigenvalue weighted by atomic mass is 10.1. The number of benzene rings is 2. The zero-order chi connectivity index (χ0) is 23.3. The number of amides is 2. The molecule has 0 aliphatic carbocycles. The smallest absolute Gasteiger partial charge is 0.419 e. The molecule has 2 aromatic rings. The third-order valence-corrected chi connectivity index (χ3v) is 4.72. The molecule has 1 atom stereocenters. The van der Waals surface area contributed by atoms with Crippen LogP contribution in [0.25, 0.3) is 0 Å². The van der Waals surface area contributed by atoms with Crippen LogP contribution in [0, 0.1) is 5.82 Å². The lowest BCUT2D eigenvalue weighted by Gasteiger charge is -2.32. The number of ether oxygens (including phenoxy) is 2. The van der Waals surface area contributed by atoms with Crippen molar-refractivity contribution in [1.29, 1.82) is 0 Å². The maximum atomic E-state index is 13.4. The Bertz CT molecular complexity index is 966. The standard InChI is InChI=1S/C21H20F4N2O5/c22-18-6-1-13(9-17(18)21(23,24)25)12-32-20(30)27-7-8-31-16(11-27)10-26-19(29)14-2-4-15(28)5-3-14/h1-6,9,16,28H,7-8,10-12H2,(H,26,29)/t16-/m1/s1. The van der Waals surface area contributed by atoms with Gasteiger partial charge in [-0.3, -0.25) is 4.79 Å². The summed E-state index contributed by atoms with van der Waals surface area (Å²) in [5.41, 5.74) is -1.09. The molecule has 0 unspecified atom stereocenters. The minimum Gasteiger partial charge on any atom is -0.508 e. The van der Waals surface area contributed by atoms with Crippen LogP contribution in [-0.4, -0.2) is 54.4 Å². The Labute approximate surface area is 180 Å². The predicted octanol–water partition coefficient (Wildman–Crippen LogP) is 3.32. The minimum atomic E-state index is -4.86. The van der Waals surface area contributed by atoms with E-state index in [-0.39, 0.29) is 43.5 Å². The molecular weight excluding hydrogens is 436 g/mol. The number of hydrogen-bond acceptors (Lipinski definition) is 5. The fourth-order valence-corrected chi connectivity index (χ4v) is 3.05. The zero-order valence-electron chi connectivity index (χ0n) is 16.7. The summed E-state index contributed by atoms with van der Waals surface area (Å²) in [4.78, 5) is 25.7. The van der Waals surface area contributed by atoms with Gasteiger partial charge in [0.1, 0.15) is 18.2 Å². The quantitative estimate of drug-likeness (QED) is 0.674. The van der Waals surface area contributed by atoms with Crippen molar-refractivity contribution < 1.29 is 41.7 Å². The van der Waals surface area contributed by atoms with Gasteiger partial charge in [-0.25, -0.2) is 9.18 Å². The Morgan fingerprint density at radius 1 is 1.19 bits per heavy atom. The number of halogens is 4. The Morgan fingerprint density at radius 3 is 2.59 bits per heavy atom. The molecule has 7 nitrogen and oxygen atoms in total. The summed E-state index contributed by atoms with van der Waals surface area (Å²) in [7, 11) is 0. The highest BCUT2D eigenvalue weighted by Crippen LogP contribution is 2.32. The number of nitrogens with zero attached hydrogens (tertiary/aromatic N) is 1. The highest BCUT2D eigenvalue weighted by molar-refractivity contribution is 5.94. The van der Waals surface area contributed by atoms with Gasteiger partial charge in [-0.1, -0.05) is 6.07 Å². The second kappa shape index (κ2) is 9.86. The molecule has 0 bridgehead atoms. The molecule has 0 spiro atoms. The summed E-state index contributed by atoms with van der Waals surface area (Å²) >= 11 is 0. The highest BCUT2D eigenvalue weighted by Gasteiger charge is 2.34. The predicted molar refractivity (Wildman–Crippen MR) is 103 cm³/mol. The number of nitrogens with one attached hydrogen (secondary N) is 1. The molecule has 2 N–H and O–H groups in total. The van der Waals surface area contributed by atoms with Gasteiger partial charge in [0.15, 0.2) is 0 Å². The summed E-state index contributed by atoms with van der Waals surface area (Å²) in [5, 5.41) is 11.9. The zero-order valence-corrected chi connectivity index (χ0v) is 16.7. The number of rotatable bonds is 5. The molecule has 1 aliphatic rings. The first-order valence-electron chi connectivity index (χ1n) is 9.59. The fraction of sp³-hybridized carbons (Fsp3) is 0.333. The first-order chi connectivity index (χ1) is 15.1. The molecule has 3 rings (SSSR count). The fourth-order valence-electron chi connectivity index (χ4n) is 3.05. The number of hydrogen-bond donors (Lipinski definition) is 2. The number of carbonyl (C=O) groups excluding carboxylic acids is 2. The van der Waals surface area contributed by atoms with Crippen molar-refractivity contribution in [2.75, 3.05) is 26.2 Å². The van der Waals surface area contributed by atoms with Crippen LogP contribution in [0.5, 0.6) is 5.75 Å². The van der Waals surface area contributed by atoms with Gasteiger partial charge < -0.3 is 24.8 Å². The van der Waals surface area contributed by atoms with Crippen molar-refractivity contribution in [3.8, 4) is 5.75 Å². The van der Waals surface area contributed by atoms with Crippen molar-refractivity contribution in [1.82, 2.24) is 10.2 Å². The van der Waals surface area contributed by atoms with E-state index < -0.39 is 36.4 Å². The van der Waals surface area contributed by atoms with Crippen molar-refractivity contribution in [2.24, 2.45) is 0 Å². The molecule has 11 heteroatoms. The van der Waals surface area contributed by atoms with Crippen LogP contribution < -0.4 is 5.32 Å². The van der Waals surface area contributed by atoms with Gasteiger partial charge in [0.2, 0.25) is 0 Å². The van der Waals surface area contributed by atoms with Crippen molar-refractivity contribution in [2.45, 2.75) is 18.9 Å². The number of phenols is 1. The van der Waals surface area contributed by atoms with Crippen molar-refractivity contribution >= 4 is 12.0 Å². The maximum absolute atomic E-state index is 13.4. The normalized spacial score (nSPS) is 16.5. The number of morpholine rings is 1. The van der Waals surface area contributed by atoms with Crippen molar-refractivity contribution in [3.05, 3.63) is 65.0 Å². The molecule has 0 saturated carbocycles. The second-order valence-electron chi connectivity index (χ2n) is 7.06. The van der Waals surface area contributed by atoms with E-state index in [1.54, 1.807) is 0 Å². The summed E-state index contributed by atoms with van der Waals surface area (Å²) in [6, 6.07) is 8.05. The molecule has 2 amide bonds. The van der Waals surface area contributed by atoms with Crippen LogP contribution in [0.2, 0.25) is 0 Å². The van der Waals surface area contributed by atoms with Gasteiger partial charge >= 0.3 is 12.3 Å². The van der Waals surface area contributed by atoms with Gasteiger partial charge in [0.05, 0.1) is 24.8 Å². The molecular formula is C21H20F4N2O5. The molecule has 1 fully saturated rings. The molecule has 1 aliphatic heterocycles. The van der Waals surface area contributed by atoms with Crippen LogP contribution in [0.3, 0.4) is 0 Å². The largest absolute Gasteiger partial charge is 0.508 e. The van der Waals surface area contributed by atoms with E-state index in [1.165, 1.54) is 29.2 Å². The van der Waals surface area contributed by atoms with Gasteiger partial charge in [-0.2, -0.15) is 13.2 Å². The number of phenolic OH excluding ortho intramolecular Hbond substituents is 1. The van der Waals surface area contributed by atoms with E-state index in [2.05, 4.69) is 5.32 Å². The molecule has 0 aromatic heterocycles. The van der Waals surface area contributed by atoms with E-state index in [1.807, 2.05) is 0 Å². The average molecular weight is 456 g/mol. The second-order valence-corrected chi connectivity index (χ2v) is 7.06. The summed E-state index contributed by atoms with van der Waals surface area (Å²) in [6.45, 7) is 0.145. The van der Waals surface area contributed by atoms with Crippen LogP contribution >= 0.6 is 0 Å². The van der Waals surface area contributed by atoms with E-state index in [9.17, 15) is 32.3 Å². The Balaban J connectivity index is 1.50. The van der Waals surface area contributed by atoms with Crippen LogP contribution in [0.1, 0.15) is 21.5 Å². The first kappa shape index (κ1) is 23.3. The molecule has 2 aromatic carbocycles. The summed E-state index contributed by atoms with van der Waals surface area (Å²) < 4.78 is 62.4. The van der Waals surface area contributed by atoms with Gasteiger partial charge in [0, 0.05) is 18.7 Å². The van der Waals surface area contributed by atoms with E-state index >= 15 is 0 Å².